The van der Waals surface area contributed by atoms with E-state index < -0.39 is 0 Å². The lowest BCUT2D eigenvalue weighted by molar-refractivity contribution is -0.132. The number of carbonyl (C=O) groups is 2. The number of carbonyl (C=O) groups excluding carboxylic acids is 2. The Balaban J connectivity index is 1.37. The van der Waals surface area contributed by atoms with E-state index in [1.54, 1.807) is 0 Å². The number of fused-ring (bicyclic) bond motifs is 1. The Kier molecular flexibility index (Phi) is 6.37. The number of amides is 1. The molecule has 8 nitrogen and oxygen atoms in total. The molecule has 3 heterocycles. The summed E-state index contributed by atoms with van der Waals surface area (Å²) in [5, 5.41) is 13.8. The van der Waals surface area contributed by atoms with E-state index in [0.717, 1.165) is 22.2 Å². The molecule has 0 radical (unpaired) electrons. The maximum Gasteiger partial charge on any atom is 0.227 e. The minimum Gasteiger partial charge on any atom is -0.361 e. The highest BCUT2D eigenvalue weighted by molar-refractivity contribution is 6.09. The molecule has 1 fully saturated rings. The molecule has 1 aliphatic rings. The van der Waals surface area contributed by atoms with Crippen molar-refractivity contribution in [1.29, 1.82) is 5.26 Å². The number of aryl methyl sites for hydroxylation is 3. The monoisotopic (exact) mass is 433 g/mol. The van der Waals surface area contributed by atoms with Gasteiger partial charge in [0, 0.05) is 61.0 Å². The van der Waals surface area contributed by atoms with Crippen LogP contribution in [0.4, 0.5) is 0 Å². The van der Waals surface area contributed by atoms with E-state index in [-0.39, 0.29) is 11.7 Å². The largest absolute Gasteiger partial charge is 0.361 e. The first-order valence-corrected chi connectivity index (χ1v) is 10.9. The van der Waals surface area contributed by atoms with Crippen LogP contribution in [0, 0.1) is 25.2 Å². The summed E-state index contributed by atoms with van der Waals surface area (Å²) in [5.74, 6) is 0.812. The van der Waals surface area contributed by atoms with E-state index in [0.29, 0.717) is 63.4 Å². The van der Waals surface area contributed by atoms with Gasteiger partial charge in [0.25, 0.3) is 0 Å². The molecule has 32 heavy (non-hydrogen) atoms. The molecule has 1 aliphatic heterocycles. The molecule has 0 aliphatic carbocycles. The topological polar surface area (TPSA) is 95.4 Å². The van der Waals surface area contributed by atoms with Gasteiger partial charge >= 0.3 is 0 Å². The molecule has 8 heteroatoms. The van der Waals surface area contributed by atoms with Crippen molar-refractivity contribution in [3.8, 4) is 6.07 Å². The highest BCUT2D eigenvalue weighted by atomic mass is 16.5. The summed E-state index contributed by atoms with van der Waals surface area (Å²) < 4.78 is 7.14. The van der Waals surface area contributed by atoms with Crippen LogP contribution >= 0.6 is 0 Å². The number of hydrogen-bond donors (Lipinski definition) is 0. The van der Waals surface area contributed by atoms with E-state index in [1.165, 1.54) is 0 Å². The first kappa shape index (κ1) is 21.8. The fraction of sp³-hybridized carbons (Fsp3) is 0.417. The molecule has 0 spiro atoms. The van der Waals surface area contributed by atoms with Crippen molar-refractivity contribution >= 4 is 22.6 Å². The Bertz CT molecular complexity index is 1160. The Labute approximate surface area is 187 Å². The van der Waals surface area contributed by atoms with E-state index in [4.69, 9.17) is 9.78 Å². The van der Waals surface area contributed by atoms with Crippen LogP contribution in [0.15, 0.2) is 35.0 Å². The Morgan fingerprint density at radius 2 is 1.91 bits per heavy atom. The zero-order chi connectivity index (χ0) is 22.7. The van der Waals surface area contributed by atoms with Crippen molar-refractivity contribution < 1.29 is 14.1 Å². The van der Waals surface area contributed by atoms with E-state index in [9.17, 15) is 9.59 Å². The fourth-order valence-electron chi connectivity index (χ4n) is 4.29. The van der Waals surface area contributed by atoms with Gasteiger partial charge in [-0.15, -0.1) is 0 Å². The van der Waals surface area contributed by atoms with Crippen LogP contribution < -0.4 is 0 Å². The SMILES string of the molecule is Cc1noc(C)c1CC(=O)N1CCN(CC(=O)c2cn(CCC#N)c3ccccc23)CC1. The van der Waals surface area contributed by atoms with E-state index in [2.05, 4.69) is 16.1 Å². The molecule has 0 bridgehead atoms. The molecular formula is C24H27N5O3. The van der Waals surface area contributed by atoms with Gasteiger partial charge in [0.05, 0.1) is 31.1 Å². The van der Waals surface area contributed by atoms with Crippen molar-refractivity contribution in [3.05, 3.63) is 53.0 Å². The van der Waals surface area contributed by atoms with Gasteiger partial charge in [-0.05, 0) is 19.9 Å². The summed E-state index contributed by atoms with van der Waals surface area (Å²) in [6.45, 7) is 7.06. The summed E-state index contributed by atoms with van der Waals surface area (Å²) in [5.41, 5.74) is 3.28. The van der Waals surface area contributed by atoms with Crippen LogP contribution in [-0.4, -0.2) is 63.9 Å². The van der Waals surface area contributed by atoms with Gasteiger partial charge < -0.3 is 14.0 Å². The fourth-order valence-corrected chi connectivity index (χ4v) is 4.29. The highest BCUT2D eigenvalue weighted by Gasteiger charge is 2.25. The number of nitriles is 1. The smallest absolute Gasteiger partial charge is 0.227 e. The molecule has 4 rings (SSSR count). The zero-order valence-corrected chi connectivity index (χ0v) is 18.5. The average molecular weight is 434 g/mol. The van der Waals surface area contributed by atoms with Crippen LogP contribution in [-0.2, 0) is 17.8 Å². The van der Waals surface area contributed by atoms with Crippen molar-refractivity contribution in [2.75, 3.05) is 32.7 Å². The lowest BCUT2D eigenvalue weighted by atomic mass is 10.1. The molecule has 1 amide bonds. The summed E-state index contributed by atoms with van der Waals surface area (Å²) in [4.78, 5) is 29.7. The summed E-state index contributed by atoms with van der Waals surface area (Å²) in [6, 6.07) is 9.97. The molecule has 3 aromatic rings. The van der Waals surface area contributed by atoms with Crippen LogP contribution in [0.2, 0.25) is 0 Å². The van der Waals surface area contributed by atoms with Crippen LogP contribution in [0.1, 0.15) is 33.8 Å². The second-order valence-corrected chi connectivity index (χ2v) is 8.22. The third kappa shape index (κ3) is 4.43. The van der Waals surface area contributed by atoms with E-state index in [1.807, 2.05) is 53.8 Å². The van der Waals surface area contributed by atoms with Crippen molar-refractivity contribution in [2.24, 2.45) is 0 Å². The second-order valence-electron chi connectivity index (χ2n) is 8.22. The molecule has 166 valence electrons. The van der Waals surface area contributed by atoms with Gasteiger partial charge in [0.15, 0.2) is 5.78 Å². The summed E-state index contributed by atoms with van der Waals surface area (Å²) in [6.07, 6.45) is 2.56. The van der Waals surface area contributed by atoms with Gasteiger partial charge in [-0.1, -0.05) is 23.4 Å². The molecule has 0 unspecified atom stereocenters. The number of Topliss-reactive ketones (excluding diaryl/α,β-unsaturated/α-hetero) is 1. The molecule has 0 N–H and O–H groups in total. The number of para-hydroxylation sites is 1. The van der Waals surface area contributed by atoms with Crippen LogP contribution in [0.25, 0.3) is 10.9 Å². The molecular weight excluding hydrogens is 406 g/mol. The molecule has 2 aromatic heterocycles. The van der Waals surface area contributed by atoms with Gasteiger partial charge in [-0.25, -0.2) is 0 Å². The van der Waals surface area contributed by atoms with Gasteiger partial charge in [-0.2, -0.15) is 5.26 Å². The lowest BCUT2D eigenvalue weighted by Gasteiger charge is -2.34. The van der Waals surface area contributed by atoms with Crippen LogP contribution in [0.3, 0.4) is 0 Å². The van der Waals surface area contributed by atoms with Gasteiger partial charge in [0.2, 0.25) is 5.91 Å². The molecule has 1 aromatic carbocycles. The third-order valence-electron chi connectivity index (χ3n) is 6.15. The predicted octanol–water partition coefficient (Wildman–Crippen LogP) is 2.73. The highest BCUT2D eigenvalue weighted by Crippen LogP contribution is 2.23. The summed E-state index contributed by atoms with van der Waals surface area (Å²) in [7, 11) is 0. The minimum atomic E-state index is 0.0611. The number of ketones is 1. The van der Waals surface area contributed by atoms with Crippen molar-refractivity contribution in [2.45, 2.75) is 33.2 Å². The zero-order valence-electron chi connectivity index (χ0n) is 18.5. The Morgan fingerprint density at radius 3 is 2.59 bits per heavy atom. The number of nitrogens with zero attached hydrogens (tertiary/aromatic N) is 5. The Morgan fingerprint density at radius 1 is 1.16 bits per heavy atom. The standard InChI is InChI=1S/C24H27N5O3/c1-17-20(18(2)32-26-17)14-24(31)28-12-10-27(11-13-28)16-23(30)21-15-29(9-5-8-25)22-7-4-3-6-19(21)22/h3-4,6-7,15H,5,9-14,16H2,1-2H3. The number of hydrogen-bond acceptors (Lipinski definition) is 6. The number of benzene rings is 1. The Hall–Kier alpha value is -3.44. The summed E-state index contributed by atoms with van der Waals surface area (Å²) >= 11 is 0. The molecule has 0 saturated carbocycles. The number of rotatable bonds is 7. The third-order valence-corrected chi connectivity index (χ3v) is 6.15. The average Bonchev–Trinajstić information content (AvgIpc) is 3.33. The lowest BCUT2D eigenvalue weighted by Crippen LogP contribution is -2.50. The first-order valence-electron chi connectivity index (χ1n) is 10.9. The predicted molar refractivity (Wildman–Crippen MR) is 119 cm³/mol. The van der Waals surface area contributed by atoms with Gasteiger partial charge in [0.1, 0.15) is 5.76 Å². The maximum absolute atomic E-state index is 13.1. The van der Waals surface area contributed by atoms with E-state index >= 15 is 0 Å². The minimum absolute atomic E-state index is 0.0611. The van der Waals surface area contributed by atoms with Crippen LogP contribution in [0.5, 0.6) is 0 Å². The van der Waals surface area contributed by atoms with Gasteiger partial charge in [-0.3, -0.25) is 14.5 Å². The molecule has 1 saturated heterocycles. The van der Waals surface area contributed by atoms with Crippen molar-refractivity contribution in [3.63, 3.8) is 0 Å². The maximum atomic E-state index is 13.1. The van der Waals surface area contributed by atoms with Crippen molar-refractivity contribution in [1.82, 2.24) is 19.5 Å². The number of piperazine rings is 1. The second kappa shape index (κ2) is 9.37. The quantitative estimate of drug-likeness (QED) is 0.532. The normalized spacial score (nSPS) is 14.6. The number of aromatic nitrogens is 2. The molecule has 0 atom stereocenters. The first-order chi connectivity index (χ1) is 15.5.